The molecule has 2 atom stereocenters. The van der Waals surface area contributed by atoms with Crippen LogP contribution in [0.3, 0.4) is 0 Å². The Balaban J connectivity index is 1.80. The highest BCUT2D eigenvalue weighted by Gasteiger charge is 2.69. The Labute approximate surface area is 215 Å². The van der Waals surface area contributed by atoms with Crippen molar-refractivity contribution < 1.29 is 50.0 Å². The van der Waals surface area contributed by atoms with Crippen molar-refractivity contribution in [1.29, 1.82) is 0 Å². The van der Waals surface area contributed by atoms with Gasteiger partial charge in [-0.1, -0.05) is 6.07 Å². The van der Waals surface area contributed by atoms with Crippen LogP contribution in [0.1, 0.15) is 46.7 Å². The number of aromatic nitrogens is 2. The van der Waals surface area contributed by atoms with Gasteiger partial charge < -0.3 is 19.8 Å². The fourth-order valence-corrected chi connectivity index (χ4v) is 5.04. The number of benzene rings is 1. The summed E-state index contributed by atoms with van der Waals surface area (Å²) in [6.45, 7) is -3.20. The van der Waals surface area contributed by atoms with Crippen molar-refractivity contribution in [2.75, 3.05) is 0 Å². The average molecular weight is 566 g/mol. The summed E-state index contributed by atoms with van der Waals surface area (Å²) in [6.07, 6.45) is -1.22. The molecule has 0 saturated heterocycles. The van der Waals surface area contributed by atoms with E-state index in [9.17, 15) is 41.0 Å². The van der Waals surface area contributed by atoms with Crippen LogP contribution in [0.4, 0.5) is 30.7 Å². The van der Waals surface area contributed by atoms with Gasteiger partial charge in [-0.05, 0) is 43.0 Å². The largest absolute Gasteiger partial charge is 0.619 e. The lowest BCUT2D eigenvalue weighted by Gasteiger charge is -2.33. The van der Waals surface area contributed by atoms with Crippen LogP contribution in [-0.4, -0.2) is 34.9 Å². The predicted octanol–water partition coefficient (Wildman–Crippen LogP) is 5.70. The molecule has 206 valence electrons. The van der Waals surface area contributed by atoms with E-state index < -0.39 is 35.2 Å². The number of halogens is 7. The molecule has 0 spiro atoms. The van der Waals surface area contributed by atoms with Crippen molar-refractivity contribution in [3.63, 3.8) is 0 Å². The Morgan fingerprint density at radius 3 is 2.45 bits per heavy atom. The fourth-order valence-electron chi connectivity index (χ4n) is 3.81. The monoisotopic (exact) mass is 566 g/mol. The summed E-state index contributed by atoms with van der Waals surface area (Å²) in [6, 6.07) is 6.97. The van der Waals surface area contributed by atoms with E-state index in [4.69, 9.17) is 4.74 Å². The fraction of sp³-hybridized carbons (Fsp3) is 0.417. The molecule has 38 heavy (non-hydrogen) atoms. The van der Waals surface area contributed by atoms with Gasteiger partial charge in [0.25, 0.3) is 11.5 Å². The molecule has 0 radical (unpaired) electrons. The third-order valence-corrected chi connectivity index (χ3v) is 7.12. The van der Waals surface area contributed by atoms with E-state index in [1.54, 1.807) is 6.07 Å². The molecule has 1 aromatic carbocycles. The van der Waals surface area contributed by atoms with Crippen LogP contribution < -0.4 is 14.2 Å². The molecule has 1 fully saturated rings. The molecule has 0 bridgehead atoms. The summed E-state index contributed by atoms with van der Waals surface area (Å²) in [7, 11) is 0. The first kappa shape index (κ1) is 27.9. The van der Waals surface area contributed by atoms with Crippen LogP contribution in [0.5, 0.6) is 11.5 Å². The molecule has 3 aromatic rings. The zero-order valence-electron chi connectivity index (χ0n) is 19.6. The lowest BCUT2D eigenvalue weighted by atomic mass is 9.91. The topological polar surface area (TPSA) is 78.5 Å². The normalized spacial score (nSPS) is 16.8. The number of hydrogen-bond donors (Lipinski definition) is 1. The number of alkyl halides is 7. The number of rotatable bonds is 10. The average Bonchev–Trinajstić information content (AvgIpc) is 3.48. The van der Waals surface area contributed by atoms with Crippen LogP contribution in [-0.2, 0) is 12.0 Å². The number of nitrogens with zero attached hydrogens (tertiary/aromatic N) is 2. The van der Waals surface area contributed by atoms with Crippen molar-refractivity contribution >= 4 is 11.3 Å². The third-order valence-electron chi connectivity index (χ3n) is 5.90. The van der Waals surface area contributed by atoms with Crippen molar-refractivity contribution in [3.8, 4) is 11.5 Å². The van der Waals surface area contributed by atoms with Crippen molar-refractivity contribution in [3.05, 3.63) is 75.1 Å². The number of thiazole rings is 1. The highest BCUT2D eigenvalue weighted by atomic mass is 32.1. The van der Waals surface area contributed by atoms with Crippen molar-refractivity contribution in [1.82, 2.24) is 4.98 Å². The summed E-state index contributed by atoms with van der Waals surface area (Å²) < 4.78 is 106. The number of ether oxygens (including phenoxy) is 2. The van der Waals surface area contributed by atoms with E-state index in [-0.39, 0.29) is 47.2 Å². The van der Waals surface area contributed by atoms with E-state index in [2.05, 4.69) is 9.72 Å². The van der Waals surface area contributed by atoms with E-state index >= 15 is 0 Å². The summed E-state index contributed by atoms with van der Waals surface area (Å²) in [5.41, 5.74) is -3.77. The lowest BCUT2D eigenvalue weighted by Crippen LogP contribution is -2.54. The molecular weight excluding hydrogens is 545 g/mol. The maximum absolute atomic E-state index is 14.1. The second-order valence-electron chi connectivity index (χ2n) is 8.90. The molecular formula is C24H21F7N2O4S. The molecule has 1 aliphatic rings. The first-order valence-corrected chi connectivity index (χ1v) is 12.1. The maximum Gasteiger partial charge on any atom is 0.429 e. The Morgan fingerprint density at radius 2 is 1.87 bits per heavy atom. The van der Waals surface area contributed by atoms with E-state index in [0.717, 1.165) is 6.20 Å². The maximum atomic E-state index is 14.1. The minimum absolute atomic E-state index is 0.00437. The van der Waals surface area contributed by atoms with Gasteiger partial charge in [-0.15, -0.1) is 11.3 Å². The molecule has 1 unspecified atom stereocenters. The van der Waals surface area contributed by atoms with Crippen molar-refractivity contribution in [2.24, 2.45) is 0 Å². The summed E-state index contributed by atoms with van der Waals surface area (Å²) in [4.78, 5) is 3.56. The summed E-state index contributed by atoms with van der Waals surface area (Å²) in [5.74, 6) is -5.79. The first-order valence-electron chi connectivity index (χ1n) is 11.3. The Morgan fingerprint density at radius 1 is 1.16 bits per heavy atom. The minimum atomic E-state index is -5.75. The highest BCUT2D eigenvalue weighted by molar-refractivity contribution is 7.11. The standard InChI is InChI=1S/C24H21F7N2O4S/c1-22(27,28)23(34,24(29,30)31)20-32-11-19(38-20)16(9-13-3-2-8-33(35)12-13)14-4-7-17(37-21(25)26)18(10-14)36-15-5-6-15/h2-4,7-8,10-12,15-16,21,34H,5-6,9H2,1H3/t16-,23?/m0/s1. The van der Waals surface area contributed by atoms with Crippen LogP contribution in [0, 0.1) is 5.21 Å². The molecule has 0 amide bonds. The van der Waals surface area contributed by atoms with Gasteiger partial charge in [0.2, 0.25) is 0 Å². The molecule has 1 saturated carbocycles. The third kappa shape index (κ3) is 5.80. The molecule has 1 N–H and O–H groups in total. The van der Waals surface area contributed by atoms with E-state index in [1.165, 1.54) is 36.7 Å². The van der Waals surface area contributed by atoms with Gasteiger partial charge in [0, 0.05) is 35.5 Å². The van der Waals surface area contributed by atoms with Crippen LogP contribution in [0.2, 0.25) is 0 Å². The van der Waals surface area contributed by atoms with Crippen LogP contribution in [0.25, 0.3) is 0 Å². The van der Waals surface area contributed by atoms with Gasteiger partial charge in [0.1, 0.15) is 5.01 Å². The van der Waals surface area contributed by atoms with Crippen molar-refractivity contribution in [2.45, 2.75) is 62.5 Å². The minimum Gasteiger partial charge on any atom is -0.619 e. The molecule has 2 heterocycles. The summed E-state index contributed by atoms with van der Waals surface area (Å²) >= 11 is 0.229. The molecule has 1 aliphatic carbocycles. The SMILES string of the molecule is CC(F)(F)C(O)(c1ncc([C@@H](Cc2ccc[n+]([O-])c2)c2ccc(OC(F)F)c(OC3CC3)c2)s1)C(F)(F)F. The van der Waals surface area contributed by atoms with E-state index in [1.807, 2.05) is 0 Å². The number of pyridine rings is 1. The zero-order valence-corrected chi connectivity index (χ0v) is 20.4. The molecule has 4 rings (SSSR count). The smallest absolute Gasteiger partial charge is 0.429 e. The predicted molar refractivity (Wildman–Crippen MR) is 120 cm³/mol. The zero-order chi connectivity index (χ0) is 27.9. The van der Waals surface area contributed by atoms with Gasteiger partial charge in [-0.3, -0.25) is 0 Å². The Kier molecular flexibility index (Phi) is 7.49. The first-order chi connectivity index (χ1) is 17.7. The van der Waals surface area contributed by atoms with Gasteiger partial charge in [-0.25, -0.2) is 13.8 Å². The number of hydrogen-bond acceptors (Lipinski definition) is 6. The number of aliphatic hydroxyl groups is 1. The highest BCUT2D eigenvalue weighted by Crippen LogP contribution is 2.51. The molecule has 6 nitrogen and oxygen atoms in total. The van der Waals surface area contributed by atoms with Gasteiger partial charge >= 0.3 is 12.8 Å². The van der Waals surface area contributed by atoms with Crippen LogP contribution >= 0.6 is 11.3 Å². The molecule has 2 aromatic heterocycles. The van der Waals surface area contributed by atoms with Gasteiger partial charge in [0.05, 0.1) is 6.10 Å². The Bertz CT molecular complexity index is 1260. The van der Waals surface area contributed by atoms with Crippen LogP contribution in [0.15, 0.2) is 48.9 Å². The van der Waals surface area contributed by atoms with Gasteiger partial charge in [-0.2, -0.15) is 26.7 Å². The second kappa shape index (κ2) is 10.2. The van der Waals surface area contributed by atoms with E-state index in [0.29, 0.717) is 28.7 Å². The second-order valence-corrected chi connectivity index (χ2v) is 9.96. The Hall–Kier alpha value is -3.13. The molecule has 0 aliphatic heterocycles. The molecule has 14 heteroatoms. The summed E-state index contributed by atoms with van der Waals surface area (Å²) in [5, 5.41) is 20.7. The van der Waals surface area contributed by atoms with Gasteiger partial charge in [0.15, 0.2) is 23.9 Å². The quantitative estimate of drug-likeness (QED) is 0.194. The lowest BCUT2D eigenvalue weighted by molar-refractivity contribution is -0.605.